The van der Waals surface area contributed by atoms with Crippen molar-refractivity contribution in [2.45, 2.75) is 64.6 Å². The Morgan fingerprint density at radius 2 is 1.68 bits per heavy atom. The van der Waals surface area contributed by atoms with E-state index in [1.165, 1.54) is 24.0 Å². The first-order valence-electron chi connectivity index (χ1n) is 12.4. The highest BCUT2D eigenvalue weighted by Crippen LogP contribution is 2.33. The van der Waals surface area contributed by atoms with Crippen LogP contribution in [0.1, 0.15) is 55.0 Å². The summed E-state index contributed by atoms with van der Waals surface area (Å²) in [4.78, 5) is 4.83. The molecule has 2 aromatic carbocycles. The molecule has 3 aromatic rings. The number of nitrogens with zero attached hydrogens (tertiary/aromatic N) is 1. The normalized spacial score (nSPS) is 15.8. The van der Waals surface area contributed by atoms with Crippen LogP contribution in [0.2, 0.25) is 0 Å². The van der Waals surface area contributed by atoms with E-state index >= 15 is 0 Å². The third-order valence-corrected chi connectivity index (χ3v) is 6.96. The van der Waals surface area contributed by atoms with Gasteiger partial charge < -0.3 is 14.2 Å². The largest absolute Gasteiger partial charge is 0.487 e. The van der Waals surface area contributed by atoms with E-state index in [1.54, 1.807) is 0 Å². The van der Waals surface area contributed by atoms with Gasteiger partial charge in [0.2, 0.25) is 5.88 Å². The van der Waals surface area contributed by atoms with Gasteiger partial charge in [0.05, 0.1) is 16.3 Å². The Kier molecular flexibility index (Phi) is 9.40. The Hall–Kier alpha value is -2.37. The highest BCUT2D eigenvalue weighted by Gasteiger charge is 2.17. The van der Waals surface area contributed by atoms with Gasteiger partial charge in [-0.3, -0.25) is 0 Å². The van der Waals surface area contributed by atoms with Gasteiger partial charge in [-0.2, -0.15) is 0 Å². The van der Waals surface area contributed by atoms with Gasteiger partial charge >= 0.3 is 0 Å². The fourth-order valence-corrected chi connectivity index (χ4v) is 4.67. The summed E-state index contributed by atoms with van der Waals surface area (Å²) in [5.74, 6) is 1.35. The van der Waals surface area contributed by atoms with Gasteiger partial charge in [-0.25, -0.2) is 4.98 Å². The van der Waals surface area contributed by atoms with Crippen LogP contribution in [-0.2, 0) is 30.6 Å². The first-order valence-corrected chi connectivity index (χ1v) is 13.2. The Bertz CT molecular complexity index is 1020. The maximum absolute atomic E-state index is 6.19. The molecule has 180 valence electrons. The van der Waals surface area contributed by atoms with E-state index in [-0.39, 0.29) is 6.10 Å². The molecule has 0 spiro atoms. The van der Waals surface area contributed by atoms with E-state index in [4.69, 9.17) is 19.2 Å². The smallest absolute Gasteiger partial charge is 0.217 e. The fourth-order valence-electron chi connectivity index (χ4n) is 4.15. The monoisotopic (exact) mass is 523 g/mol. The van der Waals surface area contributed by atoms with Crippen molar-refractivity contribution in [2.75, 3.05) is 13.2 Å². The number of aryl methyl sites for hydroxylation is 3. The molecule has 1 aliphatic rings. The predicted octanol–water partition coefficient (Wildman–Crippen LogP) is 7.11. The Balaban J connectivity index is 1.47. The average molecular weight is 524 g/mol. The molecule has 1 atom stereocenters. The standard InChI is InChI=1S/C29H34BrNO3/c1-2-8-22-12-14-23(15-13-22)16-17-26-29(30)27(33-20-24-9-4-3-5-10-24)19-28(31-26)34-21-25-11-6-7-18-32-25/h3-5,9-10,12-15,19,25H,2,6-8,11,16-18,20-21H2,1H3. The molecule has 1 unspecified atom stereocenters. The zero-order valence-corrected chi connectivity index (χ0v) is 21.6. The number of hydrogen-bond donors (Lipinski definition) is 0. The van der Waals surface area contributed by atoms with Gasteiger partial charge in [-0.15, -0.1) is 0 Å². The second kappa shape index (κ2) is 12.9. The molecule has 0 aliphatic carbocycles. The summed E-state index contributed by atoms with van der Waals surface area (Å²) >= 11 is 3.75. The minimum absolute atomic E-state index is 0.137. The van der Waals surface area contributed by atoms with Crippen molar-refractivity contribution in [1.82, 2.24) is 4.98 Å². The zero-order chi connectivity index (χ0) is 23.6. The molecule has 0 radical (unpaired) electrons. The topological polar surface area (TPSA) is 40.6 Å². The van der Waals surface area contributed by atoms with Crippen LogP contribution in [0.5, 0.6) is 11.6 Å². The predicted molar refractivity (Wildman–Crippen MR) is 140 cm³/mol. The summed E-state index contributed by atoms with van der Waals surface area (Å²) in [7, 11) is 0. The Morgan fingerprint density at radius 3 is 2.38 bits per heavy atom. The number of aromatic nitrogens is 1. The van der Waals surface area contributed by atoms with Crippen LogP contribution in [0.15, 0.2) is 65.1 Å². The maximum atomic E-state index is 6.19. The molecule has 0 amide bonds. The number of rotatable bonds is 11. The lowest BCUT2D eigenvalue weighted by atomic mass is 10.0. The van der Waals surface area contributed by atoms with Crippen molar-refractivity contribution >= 4 is 15.9 Å². The molecule has 4 rings (SSSR count). The molecule has 4 nitrogen and oxygen atoms in total. The summed E-state index contributed by atoms with van der Waals surface area (Å²) in [5.41, 5.74) is 4.77. The summed E-state index contributed by atoms with van der Waals surface area (Å²) < 4.78 is 19.0. The van der Waals surface area contributed by atoms with Gasteiger partial charge in [-0.1, -0.05) is 67.9 Å². The number of pyridine rings is 1. The molecular weight excluding hydrogens is 490 g/mol. The van der Waals surface area contributed by atoms with Crippen molar-refractivity contribution in [1.29, 1.82) is 0 Å². The van der Waals surface area contributed by atoms with Gasteiger partial charge in [0.1, 0.15) is 19.0 Å². The minimum atomic E-state index is 0.137. The lowest BCUT2D eigenvalue weighted by Crippen LogP contribution is -2.26. The van der Waals surface area contributed by atoms with Crippen molar-refractivity contribution in [3.8, 4) is 11.6 Å². The third kappa shape index (κ3) is 7.31. The van der Waals surface area contributed by atoms with E-state index in [2.05, 4.69) is 59.3 Å². The van der Waals surface area contributed by atoms with E-state index in [9.17, 15) is 0 Å². The highest BCUT2D eigenvalue weighted by atomic mass is 79.9. The summed E-state index contributed by atoms with van der Waals surface area (Å²) in [5, 5.41) is 0. The summed E-state index contributed by atoms with van der Waals surface area (Å²) in [6.07, 6.45) is 7.49. The summed E-state index contributed by atoms with van der Waals surface area (Å²) in [6.45, 7) is 4.04. The number of halogens is 1. The Labute approximate surface area is 211 Å². The molecule has 0 N–H and O–H groups in total. The number of hydrogen-bond acceptors (Lipinski definition) is 4. The molecular formula is C29H34BrNO3. The van der Waals surface area contributed by atoms with Crippen molar-refractivity contribution in [3.63, 3.8) is 0 Å². The van der Waals surface area contributed by atoms with Gasteiger partial charge in [0, 0.05) is 12.7 Å². The molecule has 1 saturated heterocycles. The van der Waals surface area contributed by atoms with Crippen molar-refractivity contribution < 1.29 is 14.2 Å². The first kappa shape index (κ1) is 24.7. The van der Waals surface area contributed by atoms with Crippen molar-refractivity contribution in [2.24, 2.45) is 0 Å². The fraction of sp³-hybridized carbons (Fsp3) is 0.414. The van der Waals surface area contributed by atoms with Gasteiger partial charge in [0.25, 0.3) is 0 Å². The van der Waals surface area contributed by atoms with Crippen LogP contribution in [0, 0.1) is 0 Å². The second-order valence-corrected chi connectivity index (χ2v) is 9.65. The lowest BCUT2D eigenvalue weighted by molar-refractivity contribution is -0.0120. The average Bonchev–Trinajstić information content (AvgIpc) is 2.89. The van der Waals surface area contributed by atoms with E-state index in [1.807, 2.05) is 24.3 Å². The number of benzene rings is 2. The summed E-state index contributed by atoms with van der Waals surface area (Å²) in [6, 6.07) is 21.0. The number of ether oxygens (including phenoxy) is 3. The molecule has 34 heavy (non-hydrogen) atoms. The SMILES string of the molecule is CCCc1ccc(CCc2nc(OCC3CCCCO3)cc(OCc3ccccc3)c2Br)cc1. The van der Waals surface area contributed by atoms with Gasteiger partial charge in [0.15, 0.2) is 0 Å². The van der Waals surface area contributed by atoms with Crippen LogP contribution < -0.4 is 9.47 Å². The maximum Gasteiger partial charge on any atom is 0.217 e. The molecule has 2 heterocycles. The highest BCUT2D eigenvalue weighted by molar-refractivity contribution is 9.10. The molecule has 1 aliphatic heterocycles. The second-order valence-electron chi connectivity index (χ2n) is 8.86. The first-order chi connectivity index (χ1) is 16.7. The van der Waals surface area contributed by atoms with Crippen molar-refractivity contribution in [3.05, 3.63) is 87.5 Å². The van der Waals surface area contributed by atoms with E-state index in [0.29, 0.717) is 19.1 Å². The van der Waals surface area contributed by atoms with Gasteiger partial charge in [-0.05, 0) is 71.1 Å². The van der Waals surface area contributed by atoms with Crippen LogP contribution in [0.4, 0.5) is 0 Å². The minimum Gasteiger partial charge on any atom is -0.487 e. The molecule has 1 aromatic heterocycles. The lowest BCUT2D eigenvalue weighted by Gasteiger charge is -2.22. The van der Waals surface area contributed by atoms with Crippen LogP contribution in [0.3, 0.4) is 0 Å². The van der Waals surface area contributed by atoms with Crippen LogP contribution in [0.25, 0.3) is 0 Å². The zero-order valence-electron chi connectivity index (χ0n) is 20.0. The molecule has 1 fully saturated rings. The molecule has 0 bridgehead atoms. The van der Waals surface area contributed by atoms with Crippen LogP contribution in [-0.4, -0.2) is 24.3 Å². The molecule has 5 heteroatoms. The molecule has 0 saturated carbocycles. The quantitative estimate of drug-likeness (QED) is 0.268. The van der Waals surface area contributed by atoms with E-state index < -0.39 is 0 Å². The third-order valence-electron chi connectivity index (χ3n) is 6.11. The van der Waals surface area contributed by atoms with Crippen LogP contribution >= 0.6 is 15.9 Å². The Morgan fingerprint density at radius 1 is 0.912 bits per heavy atom. The van der Waals surface area contributed by atoms with E-state index in [0.717, 1.165) is 60.2 Å².